The number of fused-ring (bicyclic) bond motifs is 1. The molecule has 5 heteroatoms. The van der Waals surface area contributed by atoms with Crippen LogP contribution in [0.4, 0.5) is 0 Å². The number of carbonyl (C=O) groups is 1. The van der Waals surface area contributed by atoms with Crippen LogP contribution in [0, 0.1) is 0 Å². The predicted octanol–water partition coefficient (Wildman–Crippen LogP) is 2.48. The number of hydrogen-bond acceptors (Lipinski definition) is 5. The van der Waals surface area contributed by atoms with E-state index in [1.807, 2.05) is 6.92 Å². The molecule has 0 radical (unpaired) electrons. The molecule has 2 aromatic rings. The van der Waals surface area contributed by atoms with Gasteiger partial charge in [0.15, 0.2) is 5.78 Å². The standard InChI is InChI=1S/C17H15NO4/c1-2-18-16-14(9-3-5-10(19)6-4-9)17(22)12-7-11(20)8-13(21)15(12)16/h3-8,18-21H,2H2,1H3. The van der Waals surface area contributed by atoms with E-state index in [1.54, 1.807) is 12.1 Å². The minimum Gasteiger partial charge on any atom is -0.508 e. The number of carbonyl (C=O) groups excluding carboxylic acids is 1. The Morgan fingerprint density at radius 3 is 2.32 bits per heavy atom. The number of aromatic hydroxyl groups is 3. The molecule has 0 atom stereocenters. The molecule has 0 aromatic heterocycles. The van der Waals surface area contributed by atoms with Gasteiger partial charge in [0.05, 0.1) is 16.8 Å². The SMILES string of the molecule is CCNC1=C(c2ccc(O)cc2)C(=O)c2cc(O)cc(O)c21. The maximum absolute atomic E-state index is 12.7. The van der Waals surface area contributed by atoms with Crippen molar-refractivity contribution in [3.63, 3.8) is 0 Å². The van der Waals surface area contributed by atoms with E-state index in [2.05, 4.69) is 5.32 Å². The maximum atomic E-state index is 12.7. The van der Waals surface area contributed by atoms with Crippen LogP contribution < -0.4 is 5.32 Å². The Labute approximate surface area is 127 Å². The monoisotopic (exact) mass is 297 g/mol. The fourth-order valence-corrected chi connectivity index (χ4v) is 2.68. The molecule has 0 amide bonds. The van der Waals surface area contributed by atoms with E-state index in [-0.39, 0.29) is 28.6 Å². The van der Waals surface area contributed by atoms with Crippen molar-refractivity contribution >= 4 is 17.1 Å². The molecule has 0 fully saturated rings. The molecule has 1 aliphatic rings. The molecule has 0 unspecified atom stereocenters. The molecule has 4 N–H and O–H groups in total. The summed E-state index contributed by atoms with van der Waals surface area (Å²) < 4.78 is 0. The van der Waals surface area contributed by atoms with Crippen LogP contribution in [0.25, 0.3) is 11.3 Å². The van der Waals surface area contributed by atoms with E-state index < -0.39 is 0 Å². The Bertz CT molecular complexity index is 791. The van der Waals surface area contributed by atoms with Gasteiger partial charge in [-0.15, -0.1) is 0 Å². The molecule has 1 aliphatic carbocycles. The third-order valence-corrected chi connectivity index (χ3v) is 3.58. The summed E-state index contributed by atoms with van der Waals surface area (Å²) in [6.07, 6.45) is 0. The van der Waals surface area contributed by atoms with Crippen molar-refractivity contribution in [3.8, 4) is 17.2 Å². The first-order chi connectivity index (χ1) is 10.5. The van der Waals surface area contributed by atoms with E-state index in [9.17, 15) is 20.1 Å². The lowest BCUT2D eigenvalue weighted by atomic mass is 10.0. The Morgan fingerprint density at radius 1 is 1.00 bits per heavy atom. The quantitative estimate of drug-likeness (QED) is 0.699. The lowest BCUT2D eigenvalue weighted by molar-refractivity contribution is 0.105. The van der Waals surface area contributed by atoms with Crippen LogP contribution in [0.15, 0.2) is 36.4 Å². The number of nitrogens with one attached hydrogen (secondary N) is 1. The van der Waals surface area contributed by atoms with Crippen molar-refractivity contribution in [3.05, 3.63) is 53.1 Å². The minimum absolute atomic E-state index is 0.109. The van der Waals surface area contributed by atoms with E-state index in [0.29, 0.717) is 28.9 Å². The molecule has 5 nitrogen and oxygen atoms in total. The summed E-state index contributed by atoms with van der Waals surface area (Å²) in [7, 11) is 0. The van der Waals surface area contributed by atoms with E-state index in [4.69, 9.17) is 0 Å². The lowest BCUT2D eigenvalue weighted by Crippen LogP contribution is -2.11. The van der Waals surface area contributed by atoms with Crippen LogP contribution in [0.1, 0.15) is 28.4 Å². The number of Topliss-reactive ketones (excluding diaryl/α,β-unsaturated/α-hetero) is 1. The first kappa shape index (κ1) is 14.0. The Morgan fingerprint density at radius 2 is 1.68 bits per heavy atom. The molecular formula is C17H15NO4. The summed E-state index contributed by atoms with van der Waals surface area (Å²) in [5.41, 5.74) is 2.24. The van der Waals surface area contributed by atoms with Crippen LogP contribution in [0.2, 0.25) is 0 Å². The molecule has 2 aromatic carbocycles. The van der Waals surface area contributed by atoms with E-state index in [1.165, 1.54) is 24.3 Å². The first-order valence-corrected chi connectivity index (χ1v) is 6.91. The summed E-state index contributed by atoms with van der Waals surface area (Å²) >= 11 is 0. The number of phenolic OH excluding ortho intramolecular Hbond substituents is 3. The van der Waals surface area contributed by atoms with Crippen LogP contribution in [-0.4, -0.2) is 27.6 Å². The topological polar surface area (TPSA) is 89.8 Å². The number of ketones is 1. The molecule has 0 saturated carbocycles. The van der Waals surface area contributed by atoms with Crippen LogP contribution in [-0.2, 0) is 0 Å². The Balaban J connectivity index is 2.25. The fourth-order valence-electron chi connectivity index (χ4n) is 2.68. The van der Waals surface area contributed by atoms with Crippen LogP contribution in [0.5, 0.6) is 17.2 Å². The van der Waals surface area contributed by atoms with E-state index in [0.717, 1.165) is 0 Å². The average Bonchev–Trinajstić information content (AvgIpc) is 2.74. The zero-order valence-electron chi connectivity index (χ0n) is 11.9. The summed E-state index contributed by atoms with van der Waals surface area (Å²) in [5.74, 6) is -0.471. The van der Waals surface area contributed by atoms with Crippen molar-refractivity contribution < 1.29 is 20.1 Å². The molecule has 0 spiro atoms. The molecular weight excluding hydrogens is 282 g/mol. The number of hydrogen-bond donors (Lipinski definition) is 4. The smallest absolute Gasteiger partial charge is 0.196 e. The van der Waals surface area contributed by atoms with E-state index >= 15 is 0 Å². The lowest BCUT2D eigenvalue weighted by Gasteiger charge is -2.10. The van der Waals surface area contributed by atoms with Crippen molar-refractivity contribution in [1.29, 1.82) is 0 Å². The third-order valence-electron chi connectivity index (χ3n) is 3.58. The molecule has 0 aliphatic heterocycles. The number of allylic oxidation sites excluding steroid dienone is 1. The molecule has 3 rings (SSSR count). The highest BCUT2D eigenvalue weighted by Crippen LogP contribution is 2.43. The molecule has 0 bridgehead atoms. The Kier molecular flexibility index (Phi) is 3.25. The number of phenols is 3. The van der Waals surface area contributed by atoms with Gasteiger partial charge in [-0.25, -0.2) is 0 Å². The second-order valence-electron chi connectivity index (χ2n) is 5.04. The minimum atomic E-state index is -0.275. The first-order valence-electron chi connectivity index (χ1n) is 6.91. The maximum Gasteiger partial charge on any atom is 0.196 e. The normalized spacial score (nSPS) is 13.4. The highest BCUT2D eigenvalue weighted by Gasteiger charge is 2.33. The van der Waals surface area contributed by atoms with Crippen LogP contribution >= 0.6 is 0 Å². The second-order valence-corrected chi connectivity index (χ2v) is 5.04. The van der Waals surface area contributed by atoms with Gasteiger partial charge in [-0.05, 0) is 30.7 Å². The van der Waals surface area contributed by atoms with Gasteiger partial charge in [-0.2, -0.15) is 0 Å². The van der Waals surface area contributed by atoms with Gasteiger partial charge in [0.2, 0.25) is 0 Å². The summed E-state index contributed by atoms with van der Waals surface area (Å²) in [6, 6.07) is 8.84. The zero-order chi connectivity index (χ0) is 15.9. The molecule has 0 saturated heterocycles. The van der Waals surface area contributed by atoms with Gasteiger partial charge in [-0.1, -0.05) is 12.1 Å². The summed E-state index contributed by atoms with van der Waals surface area (Å²) in [5, 5.41) is 32.2. The highest BCUT2D eigenvalue weighted by molar-refractivity contribution is 6.40. The van der Waals surface area contributed by atoms with Crippen LogP contribution in [0.3, 0.4) is 0 Å². The molecule has 22 heavy (non-hydrogen) atoms. The van der Waals surface area contributed by atoms with Gasteiger partial charge in [0.25, 0.3) is 0 Å². The number of rotatable bonds is 3. The largest absolute Gasteiger partial charge is 0.508 e. The summed E-state index contributed by atoms with van der Waals surface area (Å²) in [4.78, 5) is 12.7. The highest BCUT2D eigenvalue weighted by atomic mass is 16.3. The van der Waals surface area contributed by atoms with Crippen molar-refractivity contribution in [1.82, 2.24) is 5.32 Å². The van der Waals surface area contributed by atoms with Gasteiger partial charge in [-0.3, -0.25) is 4.79 Å². The van der Waals surface area contributed by atoms with Crippen molar-refractivity contribution in [2.24, 2.45) is 0 Å². The van der Waals surface area contributed by atoms with Gasteiger partial charge in [0, 0.05) is 18.2 Å². The Hall–Kier alpha value is -2.95. The summed E-state index contributed by atoms with van der Waals surface area (Å²) in [6.45, 7) is 2.46. The van der Waals surface area contributed by atoms with Crippen molar-refractivity contribution in [2.45, 2.75) is 6.92 Å². The number of benzene rings is 2. The van der Waals surface area contributed by atoms with Gasteiger partial charge in [0.1, 0.15) is 17.2 Å². The molecule has 0 heterocycles. The molecule has 112 valence electrons. The van der Waals surface area contributed by atoms with Gasteiger partial charge >= 0.3 is 0 Å². The second kappa shape index (κ2) is 5.11. The van der Waals surface area contributed by atoms with Gasteiger partial charge < -0.3 is 20.6 Å². The average molecular weight is 297 g/mol. The zero-order valence-corrected chi connectivity index (χ0v) is 11.9. The third kappa shape index (κ3) is 2.07. The van der Waals surface area contributed by atoms with Crippen molar-refractivity contribution in [2.75, 3.05) is 6.54 Å². The predicted molar refractivity (Wildman–Crippen MR) is 82.7 cm³/mol. The fraction of sp³-hybridized carbons (Fsp3) is 0.118.